The summed E-state index contributed by atoms with van der Waals surface area (Å²) >= 11 is 0. The number of anilines is 1. The van der Waals surface area contributed by atoms with E-state index in [2.05, 4.69) is 5.92 Å². The Morgan fingerprint density at radius 2 is 2.31 bits per heavy atom. The van der Waals surface area contributed by atoms with E-state index in [4.69, 9.17) is 6.42 Å². The van der Waals surface area contributed by atoms with E-state index in [0.717, 1.165) is 0 Å². The zero-order valence-corrected chi connectivity index (χ0v) is 8.71. The Kier molecular flexibility index (Phi) is 3.62. The predicted octanol–water partition coefficient (Wildman–Crippen LogP) is 1.48. The summed E-state index contributed by atoms with van der Waals surface area (Å²) in [5.41, 5.74) is 0.727. The fourth-order valence-electron chi connectivity index (χ4n) is 1.32. The topological polar surface area (TPSA) is 63.4 Å². The number of non-ortho nitro benzene ring substituents is 1. The van der Waals surface area contributed by atoms with Crippen molar-refractivity contribution >= 4 is 17.7 Å². The molecule has 0 N–H and O–H groups in total. The standard InChI is InChI=1S/C11H10N2O3/c1-3-6-12(2)11-5-4-10(13(15)16)7-9(11)8-14/h1,4-5,7-8H,6H2,2H3. The van der Waals surface area contributed by atoms with Crippen LogP contribution >= 0.6 is 0 Å². The molecule has 16 heavy (non-hydrogen) atoms. The molecule has 0 saturated carbocycles. The molecule has 0 fully saturated rings. The van der Waals surface area contributed by atoms with Gasteiger partial charge >= 0.3 is 0 Å². The summed E-state index contributed by atoms with van der Waals surface area (Å²) in [5, 5.41) is 10.5. The number of rotatable bonds is 4. The number of benzene rings is 1. The van der Waals surface area contributed by atoms with Gasteiger partial charge in [-0.1, -0.05) is 5.92 Å². The molecule has 0 atom stereocenters. The minimum absolute atomic E-state index is 0.111. The molecule has 1 aromatic rings. The molecule has 1 rings (SSSR count). The highest BCUT2D eigenvalue weighted by molar-refractivity contribution is 5.85. The van der Waals surface area contributed by atoms with Crippen LogP contribution in [0.25, 0.3) is 0 Å². The Morgan fingerprint density at radius 3 is 2.81 bits per heavy atom. The first-order valence-electron chi connectivity index (χ1n) is 4.48. The molecule has 5 heteroatoms. The highest BCUT2D eigenvalue weighted by atomic mass is 16.6. The van der Waals surface area contributed by atoms with Crippen LogP contribution < -0.4 is 4.90 Å². The monoisotopic (exact) mass is 218 g/mol. The summed E-state index contributed by atoms with van der Waals surface area (Å²) in [5.74, 6) is 2.43. The van der Waals surface area contributed by atoms with Crippen molar-refractivity contribution in [2.75, 3.05) is 18.5 Å². The van der Waals surface area contributed by atoms with E-state index < -0.39 is 4.92 Å². The van der Waals surface area contributed by atoms with Crippen LogP contribution in [-0.2, 0) is 0 Å². The number of aldehydes is 1. The van der Waals surface area contributed by atoms with Gasteiger partial charge in [-0.25, -0.2) is 0 Å². The Bertz CT molecular complexity index is 463. The normalized spacial score (nSPS) is 9.25. The molecule has 0 unspecified atom stereocenters. The van der Waals surface area contributed by atoms with Crippen LogP contribution in [0.15, 0.2) is 18.2 Å². The molecular formula is C11H10N2O3. The van der Waals surface area contributed by atoms with E-state index in [1.165, 1.54) is 18.2 Å². The third kappa shape index (κ3) is 2.36. The molecule has 0 aliphatic heterocycles. The lowest BCUT2D eigenvalue weighted by atomic mass is 10.1. The number of hydrogen-bond acceptors (Lipinski definition) is 4. The van der Waals surface area contributed by atoms with Gasteiger partial charge in [0.15, 0.2) is 6.29 Å². The summed E-state index contributed by atoms with van der Waals surface area (Å²) in [7, 11) is 1.72. The minimum atomic E-state index is -0.544. The van der Waals surface area contributed by atoms with Gasteiger partial charge in [0.25, 0.3) is 5.69 Å². The molecular weight excluding hydrogens is 208 g/mol. The van der Waals surface area contributed by atoms with Gasteiger partial charge in [-0.3, -0.25) is 14.9 Å². The molecule has 5 nitrogen and oxygen atoms in total. The van der Waals surface area contributed by atoms with Crippen molar-refractivity contribution in [3.05, 3.63) is 33.9 Å². The van der Waals surface area contributed by atoms with Crippen LogP contribution in [0.4, 0.5) is 11.4 Å². The van der Waals surface area contributed by atoms with Crippen LogP contribution in [0.5, 0.6) is 0 Å². The van der Waals surface area contributed by atoms with Gasteiger partial charge in [0, 0.05) is 30.4 Å². The maximum Gasteiger partial charge on any atom is 0.270 e. The van der Waals surface area contributed by atoms with Crippen LogP contribution in [0.2, 0.25) is 0 Å². The highest BCUT2D eigenvalue weighted by Gasteiger charge is 2.12. The van der Waals surface area contributed by atoms with E-state index >= 15 is 0 Å². The minimum Gasteiger partial charge on any atom is -0.363 e. The van der Waals surface area contributed by atoms with Gasteiger partial charge < -0.3 is 4.90 Å². The zero-order chi connectivity index (χ0) is 12.1. The number of nitro benzene ring substituents is 1. The second kappa shape index (κ2) is 4.94. The Morgan fingerprint density at radius 1 is 1.62 bits per heavy atom. The fourth-order valence-corrected chi connectivity index (χ4v) is 1.32. The van der Waals surface area contributed by atoms with Gasteiger partial charge in [-0.05, 0) is 6.07 Å². The van der Waals surface area contributed by atoms with E-state index in [0.29, 0.717) is 18.5 Å². The summed E-state index contributed by atoms with van der Waals surface area (Å²) < 4.78 is 0. The molecule has 0 saturated heterocycles. The van der Waals surface area contributed by atoms with Crippen LogP contribution in [0.3, 0.4) is 0 Å². The summed E-state index contributed by atoms with van der Waals surface area (Å²) in [6.45, 7) is 0.332. The van der Waals surface area contributed by atoms with Gasteiger partial charge in [-0.15, -0.1) is 6.42 Å². The predicted molar refractivity (Wildman–Crippen MR) is 60.6 cm³/mol. The number of carbonyl (C=O) groups excluding carboxylic acids is 1. The van der Waals surface area contributed by atoms with Gasteiger partial charge in [0.1, 0.15) is 0 Å². The summed E-state index contributed by atoms with van der Waals surface area (Å²) in [6, 6.07) is 4.09. The second-order valence-electron chi connectivity index (χ2n) is 3.18. The Hall–Kier alpha value is -2.35. The molecule has 0 amide bonds. The van der Waals surface area contributed by atoms with E-state index in [9.17, 15) is 14.9 Å². The number of nitrogens with zero attached hydrogens (tertiary/aromatic N) is 2. The first-order valence-corrected chi connectivity index (χ1v) is 4.48. The molecule has 0 heterocycles. The lowest BCUT2D eigenvalue weighted by Gasteiger charge is -2.17. The smallest absolute Gasteiger partial charge is 0.270 e. The summed E-state index contributed by atoms with van der Waals surface area (Å²) in [4.78, 5) is 22.5. The Balaban J connectivity index is 3.17. The van der Waals surface area contributed by atoms with Crippen molar-refractivity contribution in [3.8, 4) is 12.3 Å². The first-order chi connectivity index (χ1) is 7.60. The van der Waals surface area contributed by atoms with Crippen molar-refractivity contribution in [1.82, 2.24) is 0 Å². The van der Waals surface area contributed by atoms with Crippen molar-refractivity contribution in [2.45, 2.75) is 0 Å². The lowest BCUT2D eigenvalue weighted by molar-refractivity contribution is -0.384. The van der Waals surface area contributed by atoms with Crippen LogP contribution in [-0.4, -0.2) is 24.8 Å². The van der Waals surface area contributed by atoms with Crippen molar-refractivity contribution < 1.29 is 9.72 Å². The average Bonchev–Trinajstić information content (AvgIpc) is 2.28. The third-order valence-electron chi connectivity index (χ3n) is 2.09. The van der Waals surface area contributed by atoms with Crippen LogP contribution in [0.1, 0.15) is 10.4 Å². The molecule has 1 aromatic carbocycles. The second-order valence-corrected chi connectivity index (χ2v) is 3.18. The number of nitro groups is 1. The van der Waals surface area contributed by atoms with Gasteiger partial charge in [0.05, 0.1) is 11.5 Å². The maximum atomic E-state index is 10.8. The van der Waals surface area contributed by atoms with E-state index in [1.54, 1.807) is 11.9 Å². The van der Waals surface area contributed by atoms with E-state index in [-0.39, 0.29) is 11.3 Å². The number of hydrogen-bond donors (Lipinski definition) is 0. The molecule has 0 aliphatic rings. The lowest BCUT2D eigenvalue weighted by Crippen LogP contribution is -2.18. The Labute approximate surface area is 92.8 Å². The molecule has 0 aromatic heterocycles. The quantitative estimate of drug-likeness (QED) is 0.332. The first kappa shape index (κ1) is 11.7. The molecule has 0 spiro atoms. The van der Waals surface area contributed by atoms with Crippen LogP contribution in [0, 0.1) is 22.5 Å². The average molecular weight is 218 g/mol. The highest BCUT2D eigenvalue weighted by Crippen LogP contribution is 2.23. The largest absolute Gasteiger partial charge is 0.363 e. The number of carbonyl (C=O) groups is 1. The van der Waals surface area contributed by atoms with Crippen molar-refractivity contribution in [1.29, 1.82) is 0 Å². The molecule has 0 radical (unpaired) electrons. The molecule has 0 bridgehead atoms. The van der Waals surface area contributed by atoms with Gasteiger partial charge in [-0.2, -0.15) is 0 Å². The maximum absolute atomic E-state index is 10.8. The SMILES string of the molecule is C#CCN(C)c1ccc([N+](=O)[O-])cc1C=O. The van der Waals surface area contributed by atoms with Gasteiger partial charge in [0.2, 0.25) is 0 Å². The third-order valence-corrected chi connectivity index (χ3v) is 2.09. The fraction of sp³-hybridized carbons (Fsp3) is 0.182. The summed E-state index contributed by atoms with van der Waals surface area (Å²) in [6.07, 6.45) is 5.73. The zero-order valence-electron chi connectivity index (χ0n) is 8.71. The number of terminal acetylenes is 1. The molecule has 82 valence electrons. The van der Waals surface area contributed by atoms with E-state index in [1.807, 2.05) is 0 Å². The van der Waals surface area contributed by atoms with Crippen molar-refractivity contribution in [2.24, 2.45) is 0 Å². The molecule has 0 aliphatic carbocycles. The van der Waals surface area contributed by atoms with Crippen molar-refractivity contribution in [3.63, 3.8) is 0 Å².